The number of allylic oxidation sites excluding steroid dienone is 1. The molecule has 0 aliphatic carbocycles. The molecule has 0 saturated carbocycles. The first-order chi connectivity index (χ1) is 14.9. The summed E-state index contributed by atoms with van der Waals surface area (Å²) >= 11 is 12.5. The summed E-state index contributed by atoms with van der Waals surface area (Å²) < 4.78 is 6.09. The summed E-state index contributed by atoms with van der Waals surface area (Å²) in [5.41, 5.74) is 10.7. The zero-order valence-corrected chi connectivity index (χ0v) is 19.0. The molecule has 2 heterocycles. The van der Waals surface area contributed by atoms with E-state index in [4.69, 9.17) is 33.7 Å². The SMILES string of the molecule is CC(C)[NH+]1CC2=C(OC(N)=C(C#N)[C@H]2c2cccc(Cl)c2)/C(=C/c2cccc(Cl)c2)C1. The highest BCUT2D eigenvalue weighted by Crippen LogP contribution is 2.42. The van der Waals surface area contributed by atoms with Crippen LogP contribution in [0.1, 0.15) is 30.9 Å². The summed E-state index contributed by atoms with van der Waals surface area (Å²) in [5.74, 6) is 0.617. The third-order valence-electron chi connectivity index (χ3n) is 5.84. The average molecular weight is 453 g/mol. The van der Waals surface area contributed by atoms with Crippen molar-refractivity contribution in [1.82, 2.24) is 0 Å². The molecule has 3 N–H and O–H groups in total. The lowest BCUT2D eigenvalue weighted by Crippen LogP contribution is -3.16. The highest BCUT2D eigenvalue weighted by Gasteiger charge is 2.40. The van der Waals surface area contributed by atoms with E-state index in [2.05, 4.69) is 26.0 Å². The molecule has 2 atom stereocenters. The molecule has 6 heteroatoms. The first-order valence-corrected chi connectivity index (χ1v) is 11.0. The second kappa shape index (κ2) is 8.80. The summed E-state index contributed by atoms with van der Waals surface area (Å²) in [6.45, 7) is 5.95. The van der Waals surface area contributed by atoms with Gasteiger partial charge in [-0.05, 0) is 55.3 Å². The van der Waals surface area contributed by atoms with Crippen LogP contribution in [0.15, 0.2) is 76.9 Å². The number of nitriles is 1. The molecular weight excluding hydrogens is 429 g/mol. The van der Waals surface area contributed by atoms with Gasteiger partial charge in [0.25, 0.3) is 0 Å². The maximum Gasteiger partial charge on any atom is 0.205 e. The summed E-state index contributed by atoms with van der Waals surface area (Å²) in [4.78, 5) is 1.39. The first kappa shape index (κ1) is 21.5. The molecule has 2 aliphatic heterocycles. The van der Waals surface area contributed by atoms with Crippen LogP contribution in [0.25, 0.3) is 6.08 Å². The molecule has 0 saturated heterocycles. The molecular formula is C25H24Cl2N3O+. The molecule has 4 nitrogen and oxygen atoms in total. The van der Waals surface area contributed by atoms with Crippen molar-refractivity contribution in [2.75, 3.05) is 13.1 Å². The average Bonchev–Trinajstić information content (AvgIpc) is 2.73. The zero-order valence-electron chi connectivity index (χ0n) is 17.5. The smallest absolute Gasteiger partial charge is 0.205 e. The normalized spacial score (nSPS) is 22.4. The van der Waals surface area contributed by atoms with Crippen LogP contribution in [0.2, 0.25) is 10.0 Å². The molecule has 2 aromatic rings. The van der Waals surface area contributed by atoms with Crippen LogP contribution in [-0.2, 0) is 4.74 Å². The molecule has 158 valence electrons. The molecule has 0 spiro atoms. The number of benzene rings is 2. The van der Waals surface area contributed by atoms with E-state index in [1.54, 1.807) is 0 Å². The Kier molecular flexibility index (Phi) is 6.11. The molecule has 0 fully saturated rings. The van der Waals surface area contributed by atoms with Gasteiger partial charge < -0.3 is 15.4 Å². The topological polar surface area (TPSA) is 63.5 Å². The van der Waals surface area contributed by atoms with E-state index in [0.29, 0.717) is 21.7 Å². The number of rotatable bonds is 3. The fourth-order valence-electron chi connectivity index (χ4n) is 4.26. The number of nitrogens with zero attached hydrogens (tertiary/aromatic N) is 1. The first-order valence-electron chi connectivity index (χ1n) is 10.2. The van der Waals surface area contributed by atoms with Crippen molar-refractivity contribution in [2.45, 2.75) is 25.8 Å². The van der Waals surface area contributed by atoms with E-state index in [0.717, 1.165) is 41.1 Å². The lowest BCUT2D eigenvalue weighted by molar-refractivity contribution is -0.913. The van der Waals surface area contributed by atoms with Crippen LogP contribution in [0.4, 0.5) is 0 Å². The molecule has 0 bridgehead atoms. The number of hydrogen-bond acceptors (Lipinski definition) is 3. The van der Waals surface area contributed by atoms with Crippen molar-refractivity contribution in [3.05, 3.63) is 98.1 Å². The van der Waals surface area contributed by atoms with Gasteiger partial charge in [0.15, 0.2) is 0 Å². The molecule has 2 aromatic carbocycles. The third-order valence-corrected chi connectivity index (χ3v) is 6.31. The number of ether oxygens (including phenoxy) is 1. The van der Waals surface area contributed by atoms with E-state index >= 15 is 0 Å². The van der Waals surface area contributed by atoms with Crippen LogP contribution in [0.5, 0.6) is 0 Å². The van der Waals surface area contributed by atoms with E-state index in [1.807, 2.05) is 48.5 Å². The lowest BCUT2D eigenvalue weighted by atomic mass is 9.80. The fourth-order valence-corrected chi connectivity index (χ4v) is 4.66. The summed E-state index contributed by atoms with van der Waals surface area (Å²) in [7, 11) is 0. The Morgan fingerprint density at radius 2 is 1.84 bits per heavy atom. The van der Waals surface area contributed by atoms with Crippen LogP contribution in [0.3, 0.4) is 0 Å². The predicted molar refractivity (Wildman–Crippen MR) is 124 cm³/mol. The van der Waals surface area contributed by atoms with Crippen molar-refractivity contribution >= 4 is 29.3 Å². The van der Waals surface area contributed by atoms with E-state index in [-0.39, 0.29) is 11.8 Å². The molecule has 31 heavy (non-hydrogen) atoms. The third kappa shape index (κ3) is 4.36. The van der Waals surface area contributed by atoms with Gasteiger partial charge in [0, 0.05) is 21.2 Å². The van der Waals surface area contributed by atoms with Crippen molar-refractivity contribution in [3.63, 3.8) is 0 Å². The number of nitrogens with two attached hydrogens (primary N) is 1. The Bertz CT molecular complexity index is 1160. The fraction of sp³-hybridized carbons (Fsp3) is 0.240. The van der Waals surface area contributed by atoms with Gasteiger partial charge in [0.1, 0.15) is 30.5 Å². The Morgan fingerprint density at radius 3 is 2.48 bits per heavy atom. The monoisotopic (exact) mass is 452 g/mol. The maximum absolute atomic E-state index is 9.90. The zero-order chi connectivity index (χ0) is 22.1. The number of nitrogens with one attached hydrogen (secondary N) is 1. The highest BCUT2D eigenvalue weighted by atomic mass is 35.5. The van der Waals surface area contributed by atoms with Crippen molar-refractivity contribution in [3.8, 4) is 6.07 Å². The molecule has 0 aromatic heterocycles. The van der Waals surface area contributed by atoms with Gasteiger partial charge in [-0.3, -0.25) is 0 Å². The van der Waals surface area contributed by atoms with Crippen LogP contribution in [0, 0.1) is 11.3 Å². The van der Waals surface area contributed by atoms with Crippen molar-refractivity contribution in [1.29, 1.82) is 5.26 Å². The van der Waals surface area contributed by atoms with E-state index in [9.17, 15) is 5.26 Å². The van der Waals surface area contributed by atoms with Crippen molar-refractivity contribution < 1.29 is 9.64 Å². The Morgan fingerprint density at radius 1 is 1.13 bits per heavy atom. The Hall–Kier alpha value is -2.71. The van der Waals surface area contributed by atoms with Crippen molar-refractivity contribution in [2.24, 2.45) is 5.73 Å². The Balaban J connectivity index is 1.90. The van der Waals surface area contributed by atoms with Gasteiger partial charge in [-0.2, -0.15) is 5.26 Å². The molecule has 4 rings (SSSR count). The molecule has 2 aliphatic rings. The minimum absolute atomic E-state index is 0.149. The molecule has 1 unspecified atom stereocenters. The second-order valence-electron chi connectivity index (χ2n) is 8.23. The van der Waals surface area contributed by atoms with Crippen LogP contribution in [-0.4, -0.2) is 19.1 Å². The van der Waals surface area contributed by atoms with Crippen LogP contribution < -0.4 is 10.6 Å². The number of hydrogen-bond donors (Lipinski definition) is 2. The standard InChI is InChI=1S/C25H23Cl2N3O/c1-15(2)30-13-18(9-16-5-3-7-19(26)10-16)24-22(14-30)23(21(12-28)25(29)31-24)17-6-4-8-20(27)11-17/h3-11,15,23H,13-14,29H2,1-2H3/p+1/b18-9+/t23-/m1/s1. The van der Waals surface area contributed by atoms with E-state index < -0.39 is 0 Å². The quantitative estimate of drug-likeness (QED) is 0.722. The minimum atomic E-state index is -0.288. The number of quaternary nitrogens is 1. The Labute approximate surface area is 192 Å². The number of halogens is 2. The van der Waals surface area contributed by atoms with Gasteiger partial charge in [-0.1, -0.05) is 47.5 Å². The van der Waals surface area contributed by atoms with Gasteiger partial charge >= 0.3 is 0 Å². The highest BCUT2D eigenvalue weighted by molar-refractivity contribution is 6.31. The minimum Gasteiger partial charge on any atom is -0.440 e. The van der Waals surface area contributed by atoms with Crippen LogP contribution >= 0.6 is 23.2 Å². The largest absolute Gasteiger partial charge is 0.440 e. The summed E-state index contributed by atoms with van der Waals surface area (Å²) in [5, 5.41) is 11.2. The lowest BCUT2D eigenvalue weighted by Gasteiger charge is -2.37. The molecule has 0 amide bonds. The van der Waals surface area contributed by atoms with Gasteiger partial charge in [-0.25, -0.2) is 0 Å². The van der Waals surface area contributed by atoms with Gasteiger partial charge in [-0.15, -0.1) is 0 Å². The summed E-state index contributed by atoms with van der Waals surface area (Å²) in [6.07, 6.45) is 2.10. The van der Waals surface area contributed by atoms with Gasteiger partial charge in [0.2, 0.25) is 5.88 Å². The molecule has 0 radical (unpaired) electrons. The van der Waals surface area contributed by atoms with Gasteiger partial charge in [0.05, 0.1) is 12.0 Å². The van der Waals surface area contributed by atoms with E-state index in [1.165, 1.54) is 4.90 Å². The predicted octanol–water partition coefficient (Wildman–Crippen LogP) is 4.45. The second-order valence-corrected chi connectivity index (χ2v) is 9.10. The summed E-state index contributed by atoms with van der Waals surface area (Å²) in [6, 6.07) is 18.0. The maximum atomic E-state index is 9.90.